The topological polar surface area (TPSA) is 72.7 Å². The van der Waals surface area contributed by atoms with E-state index >= 15 is 0 Å². The van der Waals surface area contributed by atoms with E-state index in [1.165, 1.54) is 4.90 Å². The maximum absolute atomic E-state index is 12.7. The third-order valence-electron chi connectivity index (χ3n) is 3.05. The van der Waals surface area contributed by atoms with Crippen LogP contribution < -0.4 is 0 Å². The van der Waals surface area contributed by atoms with E-state index in [1.54, 1.807) is 0 Å². The Bertz CT molecular complexity index is 568. The van der Waals surface area contributed by atoms with Gasteiger partial charge in [0.05, 0.1) is 18.1 Å². The van der Waals surface area contributed by atoms with Gasteiger partial charge < -0.3 is 9.64 Å². The first-order valence-electron chi connectivity index (χ1n) is 6.03. The summed E-state index contributed by atoms with van der Waals surface area (Å²) in [5.41, 5.74) is -2.63. The van der Waals surface area contributed by atoms with E-state index < -0.39 is 28.3 Å². The highest BCUT2D eigenvalue weighted by Gasteiger charge is 2.38. The van der Waals surface area contributed by atoms with Crippen molar-refractivity contribution in [1.82, 2.24) is 4.90 Å². The molecular formula is C12H11F3N2O4. The lowest BCUT2D eigenvalue weighted by Crippen LogP contribution is -2.40. The molecule has 1 amide bonds. The molecule has 1 fully saturated rings. The highest BCUT2D eigenvalue weighted by molar-refractivity contribution is 5.95. The molecule has 0 atom stereocenters. The number of halogens is 3. The van der Waals surface area contributed by atoms with Gasteiger partial charge in [0.15, 0.2) is 0 Å². The van der Waals surface area contributed by atoms with E-state index in [-0.39, 0.29) is 5.56 Å². The van der Waals surface area contributed by atoms with Crippen LogP contribution in [0.4, 0.5) is 18.9 Å². The van der Waals surface area contributed by atoms with Gasteiger partial charge in [0.1, 0.15) is 5.56 Å². The zero-order valence-corrected chi connectivity index (χ0v) is 10.7. The SMILES string of the molecule is O=C(c1ccc(C(F)(F)F)c([N+](=O)[O-])c1)N1CCOCC1. The number of carbonyl (C=O) groups excluding carboxylic acids is 1. The van der Waals surface area contributed by atoms with Crippen LogP contribution in [0.3, 0.4) is 0 Å². The zero-order chi connectivity index (χ0) is 15.6. The van der Waals surface area contributed by atoms with Crippen molar-refractivity contribution in [2.75, 3.05) is 26.3 Å². The third kappa shape index (κ3) is 3.30. The Hall–Kier alpha value is -2.16. The maximum Gasteiger partial charge on any atom is 0.422 e. The van der Waals surface area contributed by atoms with Gasteiger partial charge in [-0.2, -0.15) is 13.2 Å². The predicted molar refractivity (Wildman–Crippen MR) is 64.8 cm³/mol. The number of carbonyl (C=O) groups is 1. The second-order valence-corrected chi connectivity index (χ2v) is 4.39. The van der Waals surface area contributed by atoms with Gasteiger partial charge in [-0.3, -0.25) is 14.9 Å². The molecule has 0 radical (unpaired) electrons. The molecule has 9 heteroatoms. The molecule has 1 aromatic carbocycles. The smallest absolute Gasteiger partial charge is 0.378 e. The number of hydrogen-bond donors (Lipinski definition) is 0. The van der Waals surface area contributed by atoms with Crippen molar-refractivity contribution in [2.24, 2.45) is 0 Å². The van der Waals surface area contributed by atoms with Gasteiger partial charge in [0, 0.05) is 24.7 Å². The molecule has 1 aliphatic heterocycles. The standard InChI is InChI=1S/C12H11F3N2O4/c13-12(14,15)9-2-1-8(7-10(9)17(19)20)11(18)16-3-5-21-6-4-16/h1-2,7H,3-6H2. The summed E-state index contributed by atoms with van der Waals surface area (Å²) in [4.78, 5) is 23.1. The molecule has 114 valence electrons. The summed E-state index contributed by atoms with van der Waals surface area (Å²) in [6, 6.07) is 2.18. The molecule has 0 saturated carbocycles. The van der Waals surface area contributed by atoms with Crippen molar-refractivity contribution in [1.29, 1.82) is 0 Å². The van der Waals surface area contributed by atoms with Crippen molar-refractivity contribution in [3.05, 3.63) is 39.4 Å². The number of hydrogen-bond acceptors (Lipinski definition) is 4. The molecular weight excluding hydrogens is 293 g/mol. The van der Waals surface area contributed by atoms with Gasteiger partial charge >= 0.3 is 6.18 Å². The van der Waals surface area contributed by atoms with Crippen molar-refractivity contribution in [3.8, 4) is 0 Å². The Labute approximate surface area is 117 Å². The summed E-state index contributed by atoms with van der Waals surface area (Å²) in [6.07, 6.45) is -4.84. The molecule has 6 nitrogen and oxygen atoms in total. The Morgan fingerprint density at radius 2 is 1.90 bits per heavy atom. The number of benzene rings is 1. The van der Waals surface area contributed by atoms with Gasteiger partial charge in [-0.1, -0.05) is 0 Å². The van der Waals surface area contributed by atoms with Crippen LogP contribution >= 0.6 is 0 Å². The lowest BCUT2D eigenvalue weighted by Gasteiger charge is -2.26. The van der Waals surface area contributed by atoms with Crippen LogP contribution in [0.25, 0.3) is 0 Å². The Balaban J connectivity index is 2.35. The largest absolute Gasteiger partial charge is 0.422 e. The first-order valence-corrected chi connectivity index (χ1v) is 6.03. The molecule has 21 heavy (non-hydrogen) atoms. The summed E-state index contributed by atoms with van der Waals surface area (Å²) in [5, 5.41) is 10.8. The van der Waals surface area contributed by atoms with E-state index in [0.717, 1.165) is 6.07 Å². The third-order valence-corrected chi connectivity index (χ3v) is 3.05. The van der Waals surface area contributed by atoms with Crippen LogP contribution in [0.15, 0.2) is 18.2 Å². The van der Waals surface area contributed by atoms with Crippen LogP contribution in [0, 0.1) is 10.1 Å². The molecule has 0 spiro atoms. The van der Waals surface area contributed by atoms with Gasteiger partial charge in [-0.25, -0.2) is 0 Å². The average Bonchev–Trinajstić information content (AvgIpc) is 2.45. The number of rotatable bonds is 2. The van der Waals surface area contributed by atoms with Crippen LogP contribution in [-0.2, 0) is 10.9 Å². The Morgan fingerprint density at radius 1 is 1.29 bits per heavy atom. The van der Waals surface area contributed by atoms with Crippen LogP contribution in [0.1, 0.15) is 15.9 Å². The minimum absolute atomic E-state index is 0.142. The molecule has 1 aromatic rings. The molecule has 0 bridgehead atoms. The van der Waals surface area contributed by atoms with E-state index in [2.05, 4.69) is 0 Å². The van der Waals surface area contributed by atoms with E-state index in [1.807, 2.05) is 0 Å². The first-order chi connectivity index (χ1) is 9.80. The van der Waals surface area contributed by atoms with Crippen molar-refractivity contribution in [3.63, 3.8) is 0 Å². The fourth-order valence-electron chi connectivity index (χ4n) is 2.00. The summed E-state index contributed by atoms with van der Waals surface area (Å²) in [5.74, 6) is -0.546. The number of nitro benzene ring substituents is 1. The van der Waals surface area contributed by atoms with Gasteiger partial charge in [0.25, 0.3) is 11.6 Å². The van der Waals surface area contributed by atoms with Crippen LogP contribution in [0.2, 0.25) is 0 Å². The monoisotopic (exact) mass is 304 g/mol. The zero-order valence-electron chi connectivity index (χ0n) is 10.7. The second-order valence-electron chi connectivity index (χ2n) is 4.39. The summed E-state index contributed by atoms with van der Waals surface area (Å²) in [6.45, 7) is 1.25. The highest BCUT2D eigenvalue weighted by atomic mass is 19.4. The quantitative estimate of drug-likeness (QED) is 0.619. The predicted octanol–water partition coefficient (Wildman–Crippen LogP) is 2.09. The van der Waals surface area contributed by atoms with E-state index in [9.17, 15) is 28.1 Å². The van der Waals surface area contributed by atoms with Crippen molar-refractivity contribution < 1.29 is 27.6 Å². The van der Waals surface area contributed by atoms with Crippen LogP contribution in [-0.4, -0.2) is 42.0 Å². The highest BCUT2D eigenvalue weighted by Crippen LogP contribution is 2.36. The molecule has 0 unspecified atom stereocenters. The lowest BCUT2D eigenvalue weighted by molar-refractivity contribution is -0.388. The maximum atomic E-state index is 12.7. The molecule has 1 aliphatic rings. The summed E-state index contributed by atoms with van der Waals surface area (Å²) < 4.78 is 43.1. The molecule has 0 N–H and O–H groups in total. The average molecular weight is 304 g/mol. The van der Waals surface area contributed by atoms with Gasteiger partial charge in [-0.05, 0) is 12.1 Å². The Kier molecular flexibility index (Phi) is 4.12. The van der Waals surface area contributed by atoms with E-state index in [4.69, 9.17) is 4.74 Å². The molecule has 0 aliphatic carbocycles. The molecule has 0 aromatic heterocycles. The fraction of sp³-hybridized carbons (Fsp3) is 0.417. The van der Waals surface area contributed by atoms with Crippen molar-refractivity contribution >= 4 is 11.6 Å². The van der Waals surface area contributed by atoms with Gasteiger partial charge in [-0.15, -0.1) is 0 Å². The molecule has 1 heterocycles. The number of nitro groups is 1. The lowest BCUT2D eigenvalue weighted by atomic mass is 10.1. The van der Waals surface area contributed by atoms with Gasteiger partial charge in [0.2, 0.25) is 0 Å². The second kappa shape index (κ2) is 5.68. The minimum atomic E-state index is -4.84. The Morgan fingerprint density at radius 3 is 2.43 bits per heavy atom. The number of amides is 1. The number of morpholine rings is 1. The van der Waals surface area contributed by atoms with E-state index in [0.29, 0.717) is 38.4 Å². The number of nitrogens with zero attached hydrogens (tertiary/aromatic N) is 2. The minimum Gasteiger partial charge on any atom is -0.378 e. The van der Waals surface area contributed by atoms with Crippen molar-refractivity contribution in [2.45, 2.75) is 6.18 Å². The molecule has 2 rings (SSSR count). The number of ether oxygens (including phenoxy) is 1. The normalized spacial score (nSPS) is 15.9. The first kappa shape index (κ1) is 15.2. The number of alkyl halides is 3. The fourth-order valence-corrected chi connectivity index (χ4v) is 2.00. The summed E-state index contributed by atoms with van der Waals surface area (Å²) in [7, 11) is 0. The summed E-state index contributed by atoms with van der Waals surface area (Å²) >= 11 is 0. The van der Waals surface area contributed by atoms with Crippen LogP contribution in [0.5, 0.6) is 0 Å². The molecule has 1 saturated heterocycles.